The largest absolute Gasteiger partial charge is 0.478 e. The van der Waals surface area contributed by atoms with Gasteiger partial charge in [-0.05, 0) is 39.0 Å². The molecule has 3 nitrogen and oxygen atoms in total. The number of carboxylic acid groups (broad SMARTS) is 1. The van der Waals surface area contributed by atoms with E-state index < -0.39 is 5.97 Å². The van der Waals surface area contributed by atoms with Crippen LogP contribution in [0.3, 0.4) is 0 Å². The number of hydrogen-bond acceptors (Lipinski definition) is 2. The Balaban J connectivity index is 3.38. The van der Waals surface area contributed by atoms with Gasteiger partial charge in [-0.15, -0.1) is 6.58 Å². The van der Waals surface area contributed by atoms with Crippen molar-refractivity contribution in [3.8, 4) is 0 Å². The summed E-state index contributed by atoms with van der Waals surface area (Å²) in [5.41, 5.74) is 1.46. The SMILES string of the molecule is C=CCN(c1cccc(Cl)c1/C=C/C(=O)O)C(C)(C)C. The summed E-state index contributed by atoms with van der Waals surface area (Å²) in [5.74, 6) is -0.998. The van der Waals surface area contributed by atoms with Crippen molar-refractivity contribution < 1.29 is 9.90 Å². The van der Waals surface area contributed by atoms with Gasteiger partial charge in [0.15, 0.2) is 0 Å². The van der Waals surface area contributed by atoms with Crippen LogP contribution in [0.25, 0.3) is 6.08 Å². The van der Waals surface area contributed by atoms with E-state index >= 15 is 0 Å². The first-order chi connectivity index (χ1) is 9.27. The molecule has 0 saturated heterocycles. The number of halogens is 1. The zero-order chi connectivity index (χ0) is 15.3. The third kappa shape index (κ3) is 4.14. The Morgan fingerprint density at radius 3 is 2.60 bits per heavy atom. The Morgan fingerprint density at radius 1 is 1.45 bits per heavy atom. The fraction of sp³-hybridized carbons (Fsp3) is 0.312. The molecule has 108 valence electrons. The standard InChI is InChI=1S/C16H20ClNO2/c1-5-11-18(16(2,3)4)14-8-6-7-13(17)12(14)9-10-15(19)20/h5-10H,1,11H2,2-4H3,(H,19,20)/b10-9+. The van der Waals surface area contributed by atoms with Gasteiger partial charge >= 0.3 is 5.97 Å². The fourth-order valence-electron chi connectivity index (χ4n) is 1.94. The van der Waals surface area contributed by atoms with E-state index in [1.165, 1.54) is 6.08 Å². The van der Waals surface area contributed by atoms with Crippen molar-refractivity contribution in [2.45, 2.75) is 26.3 Å². The van der Waals surface area contributed by atoms with E-state index in [-0.39, 0.29) is 5.54 Å². The van der Waals surface area contributed by atoms with Crippen molar-refractivity contribution in [2.75, 3.05) is 11.4 Å². The second-order valence-electron chi connectivity index (χ2n) is 5.41. The third-order valence-electron chi connectivity index (χ3n) is 2.83. The van der Waals surface area contributed by atoms with Crippen LogP contribution in [0, 0.1) is 0 Å². The molecule has 1 aromatic carbocycles. The summed E-state index contributed by atoms with van der Waals surface area (Å²) < 4.78 is 0. The van der Waals surface area contributed by atoms with Gasteiger partial charge in [0, 0.05) is 34.4 Å². The molecule has 0 fully saturated rings. The minimum Gasteiger partial charge on any atom is -0.478 e. The zero-order valence-electron chi connectivity index (χ0n) is 12.1. The number of carboxylic acids is 1. The minimum atomic E-state index is -0.998. The molecule has 4 heteroatoms. The van der Waals surface area contributed by atoms with Gasteiger partial charge in [-0.1, -0.05) is 23.7 Å². The molecule has 0 aliphatic heterocycles. The zero-order valence-corrected chi connectivity index (χ0v) is 12.8. The van der Waals surface area contributed by atoms with Crippen LogP contribution in [0.5, 0.6) is 0 Å². The Bertz CT molecular complexity index is 530. The fourth-order valence-corrected chi connectivity index (χ4v) is 2.18. The molecular formula is C16H20ClNO2. The molecule has 1 N–H and O–H groups in total. The third-order valence-corrected chi connectivity index (χ3v) is 3.16. The van der Waals surface area contributed by atoms with Crippen LogP contribution >= 0.6 is 11.6 Å². The molecule has 0 saturated carbocycles. The van der Waals surface area contributed by atoms with Gasteiger partial charge < -0.3 is 10.0 Å². The lowest BCUT2D eigenvalue weighted by Gasteiger charge is -2.38. The second-order valence-corrected chi connectivity index (χ2v) is 5.82. The summed E-state index contributed by atoms with van der Waals surface area (Å²) in [5, 5.41) is 9.32. The maximum atomic E-state index is 10.7. The molecule has 0 heterocycles. The summed E-state index contributed by atoms with van der Waals surface area (Å²) in [6.07, 6.45) is 4.44. The van der Waals surface area contributed by atoms with Gasteiger partial charge in [0.05, 0.1) is 0 Å². The first-order valence-corrected chi connectivity index (χ1v) is 6.73. The smallest absolute Gasteiger partial charge is 0.328 e. The molecule has 1 aromatic rings. The van der Waals surface area contributed by atoms with Crippen LogP contribution in [-0.2, 0) is 4.79 Å². The van der Waals surface area contributed by atoms with Crippen molar-refractivity contribution in [1.29, 1.82) is 0 Å². The highest BCUT2D eigenvalue weighted by atomic mass is 35.5. The maximum Gasteiger partial charge on any atom is 0.328 e. The second kappa shape index (κ2) is 6.62. The monoisotopic (exact) mass is 293 g/mol. The van der Waals surface area contributed by atoms with Crippen LogP contribution in [0.1, 0.15) is 26.3 Å². The molecule has 0 spiro atoms. The summed E-state index contributed by atoms with van der Waals surface area (Å²) in [4.78, 5) is 12.9. The van der Waals surface area contributed by atoms with E-state index in [4.69, 9.17) is 16.7 Å². The van der Waals surface area contributed by atoms with Crippen molar-refractivity contribution in [1.82, 2.24) is 0 Å². The van der Waals surface area contributed by atoms with Gasteiger partial charge in [-0.3, -0.25) is 0 Å². The average Bonchev–Trinajstić information content (AvgIpc) is 2.32. The Hall–Kier alpha value is -1.74. The molecular weight excluding hydrogens is 274 g/mol. The predicted molar refractivity (Wildman–Crippen MR) is 85.4 cm³/mol. The number of benzene rings is 1. The number of hydrogen-bond donors (Lipinski definition) is 1. The van der Waals surface area contributed by atoms with E-state index in [2.05, 4.69) is 32.3 Å². The summed E-state index contributed by atoms with van der Waals surface area (Å²) in [6.45, 7) is 10.7. The molecule has 0 aliphatic rings. The molecule has 0 radical (unpaired) electrons. The maximum absolute atomic E-state index is 10.7. The number of aliphatic carboxylic acids is 1. The van der Waals surface area contributed by atoms with Gasteiger partial charge in [-0.2, -0.15) is 0 Å². The Morgan fingerprint density at radius 2 is 2.10 bits per heavy atom. The van der Waals surface area contributed by atoms with E-state index in [1.54, 1.807) is 6.07 Å². The highest BCUT2D eigenvalue weighted by Crippen LogP contribution is 2.32. The molecule has 20 heavy (non-hydrogen) atoms. The molecule has 0 aliphatic carbocycles. The lowest BCUT2D eigenvalue weighted by molar-refractivity contribution is -0.131. The quantitative estimate of drug-likeness (QED) is 0.652. The lowest BCUT2D eigenvalue weighted by Crippen LogP contribution is -2.42. The lowest BCUT2D eigenvalue weighted by atomic mass is 10.0. The van der Waals surface area contributed by atoms with E-state index in [0.29, 0.717) is 17.1 Å². The van der Waals surface area contributed by atoms with Crippen LogP contribution in [0.15, 0.2) is 36.9 Å². The highest BCUT2D eigenvalue weighted by molar-refractivity contribution is 6.32. The van der Waals surface area contributed by atoms with E-state index in [1.807, 2.05) is 18.2 Å². The average molecular weight is 294 g/mol. The normalized spacial score (nSPS) is 11.6. The van der Waals surface area contributed by atoms with Crippen molar-refractivity contribution in [3.63, 3.8) is 0 Å². The van der Waals surface area contributed by atoms with Crippen LogP contribution < -0.4 is 4.90 Å². The Labute approximate surface area is 125 Å². The number of anilines is 1. The number of carbonyl (C=O) groups is 1. The van der Waals surface area contributed by atoms with Crippen LogP contribution in [-0.4, -0.2) is 23.2 Å². The molecule has 0 amide bonds. The van der Waals surface area contributed by atoms with Gasteiger partial charge in [-0.25, -0.2) is 4.79 Å². The molecule has 0 atom stereocenters. The topological polar surface area (TPSA) is 40.5 Å². The molecule has 0 aromatic heterocycles. The summed E-state index contributed by atoms with van der Waals surface area (Å²) in [7, 11) is 0. The van der Waals surface area contributed by atoms with E-state index in [9.17, 15) is 4.79 Å². The molecule has 0 unspecified atom stereocenters. The predicted octanol–water partition coefficient (Wildman–Crippen LogP) is 4.23. The molecule has 0 bridgehead atoms. The van der Waals surface area contributed by atoms with E-state index in [0.717, 1.165) is 11.8 Å². The van der Waals surface area contributed by atoms with Gasteiger partial charge in [0.1, 0.15) is 0 Å². The number of nitrogens with zero attached hydrogens (tertiary/aromatic N) is 1. The van der Waals surface area contributed by atoms with Gasteiger partial charge in [0.2, 0.25) is 0 Å². The minimum absolute atomic E-state index is 0.134. The van der Waals surface area contributed by atoms with Crippen LogP contribution in [0.2, 0.25) is 5.02 Å². The number of rotatable bonds is 5. The summed E-state index contributed by atoms with van der Waals surface area (Å²) >= 11 is 6.21. The van der Waals surface area contributed by atoms with Crippen molar-refractivity contribution in [3.05, 3.63) is 47.5 Å². The van der Waals surface area contributed by atoms with Crippen LogP contribution in [0.4, 0.5) is 5.69 Å². The summed E-state index contributed by atoms with van der Waals surface area (Å²) in [6, 6.07) is 5.54. The first-order valence-electron chi connectivity index (χ1n) is 6.35. The van der Waals surface area contributed by atoms with Gasteiger partial charge in [0.25, 0.3) is 0 Å². The highest BCUT2D eigenvalue weighted by Gasteiger charge is 2.23. The first kappa shape index (κ1) is 16.3. The Kier molecular flexibility index (Phi) is 5.40. The van der Waals surface area contributed by atoms with Crippen molar-refractivity contribution >= 4 is 29.3 Å². The molecule has 1 rings (SSSR count). The van der Waals surface area contributed by atoms with Crippen molar-refractivity contribution in [2.24, 2.45) is 0 Å².